The number of hydrogen-bond acceptors (Lipinski definition) is 6. The lowest BCUT2D eigenvalue weighted by Crippen LogP contribution is -2.45. The van der Waals surface area contributed by atoms with Crippen LogP contribution in [0, 0.1) is 6.92 Å². The van der Waals surface area contributed by atoms with E-state index >= 15 is 0 Å². The number of carbonyl (C=O) groups is 1. The SMILES string of the molecule is Cc1cnc2cc(N3CCOc4cc(C(=O)N5CCCC(F)(F)C5)cnc43)ccn2c1=O. The molecule has 0 saturated carbocycles. The van der Waals surface area contributed by atoms with Crippen LogP contribution in [0.25, 0.3) is 5.65 Å². The molecule has 1 saturated heterocycles. The fourth-order valence-electron chi connectivity index (χ4n) is 4.11. The number of rotatable bonds is 2. The summed E-state index contributed by atoms with van der Waals surface area (Å²) < 4.78 is 34.7. The summed E-state index contributed by atoms with van der Waals surface area (Å²) in [5.74, 6) is -2.44. The van der Waals surface area contributed by atoms with Gasteiger partial charge in [0.05, 0.1) is 18.7 Å². The fourth-order valence-corrected chi connectivity index (χ4v) is 4.11. The number of alkyl halides is 2. The Kier molecular flexibility index (Phi) is 4.79. The molecule has 2 aliphatic rings. The summed E-state index contributed by atoms with van der Waals surface area (Å²) in [7, 11) is 0. The van der Waals surface area contributed by atoms with Gasteiger partial charge in [0, 0.05) is 48.9 Å². The smallest absolute Gasteiger partial charge is 0.265 e. The summed E-state index contributed by atoms with van der Waals surface area (Å²) >= 11 is 0. The molecule has 1 fully saturated rings. The van der Waals surface area contributed by atoms with E-state index in [0.717, 1.165) is 5.69 Å². The first-order valence-corrected chi connectivity index (χ1v) is 10.4. The van der Waals surface area contributed by atoms with Crippen LogP contribution in [0.15, 0.2) is 41.6 Å². The average molecular weight is 441 g/mol. The number of anilines is 2. The Morgan fingerprint density at radius 1 is 1.19 bits per heavy atom. The van der Waals surface area contributed by atoms with Crippen molar-refractivity contribution in [3.05, 3.63) is 58.3 Å². The van der Waals surface area contributed by atoms with E-state index in [2.05, 4.69) is 9.97 Å². The van der Waals surface area contributed by atoms with E-state index < -0.39 is 18.4 Å². The molecule has 0 atom stereocenters. The van der Waals surface area contributed by atoms with E-state index in [1.165, 1.54) is 21.7 Å². The van der Waals surface area contributed by atoms with Crippen LogP contribution < -0.4 is 15.2 Å². The predicted octanol–water partition coefficient (Wildman–Crippen LogP) is 2.80. The van der Waals surface area contributed by atoms with Crippen LogP contribution >= 0.6 is 0 Å². The van der Waals surface area contributed by atoms with Crippen molar-refractivity contribution in [3.63, 3.8) is 0 Å². The number of fused-ring (bicyclic) bond motifs is 2. The Balaban J connectivity index is 1.46. The number of carbonyl (C=O) groups excluding carboxylic acids is 1. The van der Waals surface area contributed by atoms with Gasteiger partial charge in [-0.05, 0) is 25.5 Å². The third-order valence-corrected chi connectivity index (χ3v) is 5.76. The van der Waals surface area contributed by atoms with Crippen LogP contribution in [0.4, 0.5) is 20.3 Å². The van der Waals surface area contributed by atoms with Gasteiger partial charge in [0.2, 0.25) is 0 Å². The molecule has 2 aliphatic heterocycles. The lowest BCUT2D eigenvalue weighted by atomic mass is 10.1. The van der Waals surface area contributed by atoms with Crippen molar-refractivity contribution < 1.29 is 18.3 Å². The molecular formula is C22H21F2N5O3. The Morgan fingerprint density at radius 3 is 2.84 bits per heavy atom. The molecule has 0 unspecified atom stereocenters. The minimum atomic E-state index is -2.87. The van der Waals surface area contributed by atoms with Gasteiger partial charge in [-0.1, -0.05) is 0 Å². The third kappa shape index (κ3) is 3.55. The zero-order chi connectivity index (χ0) is 22.5. The minimum Gasteiger partial charge on any atom is -0.488 e. The van der Waals surface area contributed by atoms with Crippen molar-refractivity contribution in [2.45, 2.75) is 25.7 Å². The van der Waals surface area contributed by atoms with Crippen LogP contribution in [0.3, 0.4) is 0 Å². The maximum atomic E-state index is 13.7. The van der Waals surface area contributed by atoms with Crippen LogP contribution in [0.2, 0.25) is 0 Å². The normalized spacial score (nSPS) is 17.7. The van der Waals surface area contributed by atoms with Gasteiger partial charge in [-0.3, -0.25) is 14.0 Å². The second-order valence-electron chi connectivity index (χ2n) is 8.09. The molecule has 3 aromatic heterocycles. The number of halogens is 2. The van der Waals surface area contributed by atoms with Crippen molar-refractivity contribution in [1.82, 2.24) is 19.3 Å². The molecule has 10 heteroatoms. The van der Waals surface area contributed by atoms with Crippen molar-refractivity contribution in [2.24, 2.45) is 0 Å². The van der Waals surface area contributed by atoms with E-state index in [1.807, 2.05) is 4.90 Å². The summed E-state index contributed by atoms with van der Waals surface area (Å²) in [5, 5.41) is 0. The van der Waals surface area contributed by atoms with Gasteiger partial charge in [-0.15, -0.1) is 0 Å². The Labute approximate surface area is 182 Å². The van der Waals surface area contributed by atoms with Crippen molar-refractivity contribution >= 4 is 23.1 Å². The first-order chi connectivity index (χ1) is 15.3. The number of piperidine rings is 1. The highest BCUT2D eigenvalue weighted by Crippen LogP contribution is 2.36. The largest absolute Gasteiger partial charge is 0.488 e. The first-order valence-electron chi connectivity index (χ1n) is 10.4. The van der Waals surface area contributed by atoms with E-state index in [0.29, 0.717) is 42.5 Å². The van der Waals surface area contributed by atoms with Gasteiger partial charge in [0.1, 0.15) is 12.3 Å². The lowest BCUT2D eigenvalue weighted by molar-refractivity contribution is -0.0560. The number of hydrogen-bond donors (Lipinski definition) is 0. The number of likely N-dealkylation sites (tertiary alicyclic amines) is 1. The molecule has 0 bridgehead atoms. The topological polar surface area (TPSA) is 80.0 Å². The number of nitrogens with zero attached hydrogens (tertiary/aromatic N) is 5. The monoisotopic (exact) mass is 441 g/mol. The Morgan fingerprint density at radius 2 is 2.03 bits per heavy atom. The molecule has 0 N–H and O–H groups in total. The number of pyridine rings is 2. The summed E-state index contributed by atoms with van der Waals surface area (Å²) in [5.41, 5.74) is 1.91. The van der Waals surface area contributed by atoms with Gasteiger partial charge in [0.15, 0.2) is 11.6 Å². The quantitative estimate of drug-likeness (QED) is 0.609. The maximum absolute atomic E-state index is 13.7. The maximum Gasteiger partial charge on any atom is 0.265 e. The highest BCUT2D eigenvalue weighted by atomic mass is 19.3. The minimum absolute atomic E-state index is 0.131. The molecule has 0 aliphatic carbocycles. The third-order valence-electron chi connectivity index (χ3n) is 5.76. The van der Waals surface area contributed by atoms with E-state index in [9.17, 15) is 18.4 Å². The van der Waals surface area contributed by atoms with E-state index in [-0.39, 0.29) is 24.0 Å². The second-order valence-corrected chi connectivity index (χ2v) is 8.09. The summed E-state index contributed by atoms with van der Waals surface area (Å²) in [6.07, 6.45) is 4.65. The molecule has 1 amide bonds. The van der Waals surface area contributed by atoms with E-state index in [4.69, 9.17) is 4.74 Å². The highest BCUT2D eigenvalue weighted by molar-refractivity contribution is 5.95. The van der Waals surface area contributed by atoms with Gasteiger partial charge >= 0.3 is 0 Å². The number of amides is 1. The molecule has 0 radical (unpaired) electrons. The highest BCUT2D eigenvalue weighted by Gasteiger charge is 2.37. The fraction of sp³-hybridized carbons (Fsp3) is 0.364. The molecule has 5 heterocycles. The van der Waals surface area contributed by atoms with Gasteiger partial charge in [-0.2, -0.15) is 0 Å². The zero-order valence-electron chi connectivity index (χ0n) is 17.4. The second kappa shape index (κ2) is 7.54. The van der Waals surface area contributed by atoms with Crippen LogP contribution in [0.5, 0.6) is 5.75 Å². The molecule has 5 rings (SSSR count). The number of aryl methyl sites for hydroxylation is 1. The van der Waals surface area contributed by atoms with Crippen molar-refractivity contribution in [2.75, 3.05) is 31.1 Å². The summed E-state index contributed by atoms with van der Waals surface area (Å²) in [4.78, 5) is 36.9. The van der Waals surface area contributed by atoms with Crippen LogP contribution in [-0.4, -0.2) is 57.3 Å². The molecule has 166 valence electrons. The van der Waals surface area contributed by atoms with Gasteiger partial charge < -0.3 is 14.5 Å². The van der Waals surface area contributed by atoms with Crippen LogP contribution in [0.1, 0.15) is 28.8 Å². The van der Waals surface area contributed by atoms with Gasteiger partial charge in [0.25, 0.3) is 17.4 Å². The van der Waals surface area contributed by atoms with Crippen molar-refractivity contribution in [3.8, 4) is 5.75 Å². The first kappa shape index (κ1) is 20.3. The Hall–Kier alpha value is -3.56. The molecule has 8 nitrogen and oxygen atoms in total. The predicted molar refractivity (Wildman–Crippen MR) is 113 cm³/mol. The molecular weight excluding hydrogens is 420 g/mol. The summed E-state index contributed by atoms with van der Waals surface area (Å²) in [6.45, 7) is 2.29. The molecule has 0 spiro atoms. The lowest BCUT2D eigenvalue weighted by Gasteiger charge is -2.33. The molecule has 32 heavy (non-hydrogen) atoms. The van der Waals surface area contributed by atoms with E-state index in [1.54, 1.807) is 31.3 Å². The number of aromatic nitrogens is 3. The zero-order valence-corrected chi connectivity index (χ0v) is 17.4. The van der Waals surface area contributed by atoms with Gasteiger partial charge in [-0.25, -0.2) is 18.7 Å². The Bertz CT molecular complexity index is 1280. The molecule has 3 aromatic rings. The average Bonchev–Trinajstić information content (AvgIpc) is 2.79. The number of ether oxygens (including phenoxy) is 1. The van der Waals surface area contributed by atoms with Crippen molar-refractivity contribution in [1.29, 1.82) is 0 Å². The molecule has 0 aromatic carbocycles. The summed E-state index contributed by atoms with van der Waals surface area (Å²) in [6, 6.07) is 5.13. The van der Waals surface area contributed by atoms with Crippen LogP contribution in [-0.2, 0) is 0 Å². The standard InChI is InChI=1S/C22H21F2N5O3/c1-14-11-25-18-10-16(3-6-29(18)20(14)30)28-7-8-32-17-9-15(12-26-19(17)28)21(31)27-5-2-4-22(23,24)13-27/h3,6,9-12H,2,4-5,7-8,13H2,1H3.